The van der Waals surface area contributed by atoms with Crippen molar-refractivity contribution in [2.24, 2.45) is 0 Å². The lowest BCUT2D eigenvalue weighted by atomic mass is 10.00. The van der Waals surface area contributed by atoms with Crippen molar-refractivity contribution in [2.45, 2.75) is 48.8 Å². The second kappa shape index (κ2) is 11.3. The molecule has 0 aliphatic carbocycles. The lowest BCUT2D eigenvalue weighted by Crippen LogP contribution is -2.64. The van der Waals surface area contributed by atoms with Crippen LogP contribution in [0.3, 0.4) is 0 Å². The molecule has 2 heterocycles. The van der Waals surface area contributed by atoms with Crippen molar-refractivity contribution in [3.8, 4) is 0 Å². The number of rotatable bonds is 10. The fraction of sp³-hybridized carbons (Fsp3) is 0.300. The van der Waals surface area contributed by atoms with Crippen LogP contribution in [0.4, 0.5) is 0 Å². The van der Waals surface area contributed by atoms with Gasteiger partial charge in [-0.15, -0.1) is 0 Å². The van der Waals surface area contributed by atoms with Gasteiger partial charge in [0.05, 0.1) is 17.2 Å². The molecule has 11 heteroatoms. The first kappa shape index (κ1) is 28.3. The molecule has 2 fully saturated rings. The van der Waals surface area contributed by atoms with Gasteiger partial charge in [0.1, 0.15) is 18.2 Å². The molecule has 214 valence electrons. The Bertz CT molecular complexity index is 1610. The number of amides is 2. The molecule has 2 saturated heterocycles. The average molecular weight is 578 g/mol. The highest BCUT2D eigenvalue weighted by molar-refractivity contribution is 7.89. The van der Waals surface area contributed by atoms with Gasteiger partial charge in [-0.3, -0.25) is 14.4 Å². The predicted octanol–water partition coefficient (Wildman–Crippen LogP) is 3.15. The number of carboxylic acid groups (broad SMARTS) is 1. The number of carboxylic acids is 1. The smallest absolute Gasteiger partial charge is 0.303 e. The first-order chi connectivity index (χ1) is 19.6. The van der Waals surface area contributed by atoms with Gasteiger partial charge in [-0.05, 0) is 34.9 Å². The monoisotopic (exact) mass is 577 g/mol. The molecule has 2 amide bonds. The molecule has 2 aliphatic heterocycles. The molecular formula is C30H31N3O7S. The fourth-order valence-corrected chi connectivity index (χ4v) is 7.46. The molecule has 3 aromatic rings. The minimum absolute atomic E-state index is 0.0297. The zero-order valence-corrected chi connectivity index (χ0v) is 23.1. The van der Waals surface area contributed by atoms with Crippen LogP contribution >= 0.6 is 0 Å². The topological polar surface area (TPSA) is 136 Å². The maximum absolute atomic E-state index is 14.3. The van der Waals surface area contributed by atoms with Crippen LogP contribution < -0.4 is 0 Å². The summed E-state index contributed by atoms with van der Waals surface area (Å²) in [6, 6.07) is 18.8. The van der Waals surface area contributed by atoms with Crippen molar-refractivity contribution in [2.75, 3.05) is 13.1 Å². The molecule has 41 heavy (non-hydrogen) atoms. The zero-order chi connectivity index (χ0) is 29.3. The number of aliphatic hydroxyl groups excluding tert-OH is 1. The van der Waals surface area contributed by atoms with E-state index in [-0.39, 0.29) is 48.9 Å². The van der Waals surface area contributed by atoms with Gasteiger partial charge in [0.25, 0.3) is 0 Å². The minimum atomic E-state index is -4.33. The number of aliphatic carboxylic acids is 1. The third-order valence-corrected chi connectivity index (χ3v) is 9.55. The number of piperazine rings is 1. The van der Waals surface area contributed by atoms with E-state index in [0.29, 0.717) is 5.39 Å². The van der Waals surface area contributed by atoms with E-state index in [1.807, 2.05) is 42.5 Å². The standard InChI is InChI=1S/C30H31N3O7S/c1-20(34)15-16-31-19-27-32(26(29(31)37)17-21-7-3-2-4-8-21)30(38)25(13-14-28(35)36)33(27)41(39,40)24-12-11-22-9-5-6-10-23(22)18-24/h2-12,18,25-27,34H,1,13-17,19H2,(H,35,36)/t25-,26-,27-/m0/s1. The summed E-state index contributed by atoms with van der Waals surface area (Å²) in [5.74, 6) is -2.25. The van der Waals surface area contributed by atoms with Crippen molar-refractivity contribution >= 4 is 38.6 Å². The largest absolute Gasteiger partial charge is 0.513 e. The molecule has 3 atom stereocenters. The van der Waals surface area contributed by atoms with Crippen LogP contribution in [-0.2, 0) is 30.8 Å². The maximum Gasteiger partial charge on any atom is 0.303 e. The highest BCUT2D eigenvalue weighted by Gasteiger charge is 2.58. The summed E-state index contributed by atoms with van der Waals surface area (Å²) in [5.41, 5.74) is 0.781. The number of sulfonamides is 1. The summed E-state index contributed by atoms with van der Waals surface area (Å²) in [5, 5.41) is 20.7. The first-order valence-corrected chi connectivity index (χ1v) is 14.8. The van der Waals surface area contributed by atoms with Crippen molar-refractivity contribution in [3.05, 3.63) is 90.7 Å². The summed E-state index contributed by atoms with van der Waals surface area (Å²) in [6.07, 6.45) is -1.49. The van der Waals surface area contributed by atoms with E-state index in [4.69, 9.17) is 0 Å². The number of carbonyl (C=O) groups excluding carboxylic acids is 2. The summed E-state index contributed by atoms with van der Waals surface area (Å²) >= 11 is 0. The van der Waals surface area contributed by atoms with E-state index in [2.05, 4.69) is 6.58 Å². The third kappa shape index (κ3) is 5.55. The summed E-state index contributed by atoms with van der Waals surface area (Å²) in [7, 11) is -4.33. The van der Waals surface area contributed by atoms with E-state index in [0.717, 1.165) is 15.3 Å². The summed E-state index contributed by atoms with van der Waals surface area (Å²) in [6.45, 7) is 3.45. The number of hydrogen-bond acceptors (Lipinski definition) is 6. The Labute approximate surface area is 238 Å². The molecule has 0 radical (unpaired) electrons. The van der Waals surface area contributed by atoms with Crippen LogP contribution in [0.2, 0.25) is 0 Å². The number of benzene rings is 3. The Balaban J connectivity index is 1.60. The summed E-state index contributed by atoms with van der Waals surface area (Å²) in [4.78, 5) is 42.0. The van der Waals surface area contributed by atoms with Gasteiger partial charge >= 0.3 is 5.97 Å². The van der Waals surface area contributed by atoms with Crippen LogP contribution in [0.1, 0.15) is 24.8 Å². The number of carbonyl (C=O) groups is 3. The third-order valence-electron chi connectivity index (χ3n) is 7.65. The van der Waals surface area contributed by atoms with Gasteiger partial charge in [-0.25, -0.2) is 8.42 Å². The van der Waals surface area contributed by atoms with Gasteiger partial charge in [-0.2, -0.15) is 4.31 Å². The molecule has 2 aliphatic rings. The SMILES string of the molecule is C=C(O)CCN1C[C@H]2N(C(=O)[C@H](CCC(=O)O)N2S(=O)(=O)c2ccc3ccccc3c2)[C@@H](Cc2ccccc2)C1=O. The molecule has 3 aromatic carbocycles. The Hall–Kier alpha value is -4.22. The number of fused-ring (bicyclic) bond motifs is 2. The highest BCUT2D eigenvalue weighted by atomic mass is 32.2. The van der Waals surface area contributed by atoms with Crippen molar-refractivity contribution < 1.29 is 33.0 Å². The van der Waals surface area contributed by atoms with E-state index < -0.39 is 46.6 Å². The zero-order valence-electron chi connectivity index (χ0n) is 22.3. The normalized spacial score (nSPS) is 21.3. The van der Waals surface area contributed by atoms with Crippen molar-refractivity contribution in [3.63, 3.8) is 0 Å². The van der Waals surface area contributed by atoms with Crippen LogP contribution in [0, 0.1) is 0 Å². The van der Waals surface area contributed by atoms with Gasteiger partial charge in [0, 0.05) is 25.8 Å². The van der Waals surface area contributed by atoms with Gasteiger partial charge in [-0.1, -0.05) is 67.2 Å². The molecule has 10 nitrogen and oxygen atoms in total. The average Bonchev–Trinajstić information content (AvgIpc) is 3.24. The molecule has 0 bridgehead atoms. The fourth-order valence-electron chi connectivity index (χ4n) is 5.68. The molecule has 0 unspecified atom stereocenters. The van der Waals surface area contributed by atoms with Crippen LogP contribution in [0.15, 0.2) is 90.0 Å². The molecule has 2 N–H and O–H groups in total. The van der Waals surface area contributed by atoms with E-state index in [1.54, 1.807) is 18.2 Å². The number of aliphatic hydroxyl groups is 1. The Morgan fingerprint density at radius 3 is 2.24 bits per heavy atom. The Kier molecular flexibility index (Phi) is 7.83. The quantitative estimate of drug-likeness (QED) is 0.354. The van der Waals surface area contributed by atoms with Gasteiger partial charge < -0.3 is 20.0 Å². The van der Waals surface area contributed by atoms with Crippen LogP contribution in [-0.4, -0.2) is 81.9 Å². The highest BCUT2D eigenvalue weighted by Crippen LogP contribution is 2.37. The van der Waals surface area contributed by atoms with E-state index in [1.165, 1.54) is 21.9 Å². The van der Waals surface area contributed by atoms with E-state index >= 15 is 0 Å². The maximum atomic E-state index is 14.3. The molecule has 0 spiro atoms. The lowest BCUT2D eigenvalue weighted by molar-refractivity contribution is -0.152. The Morgan fingerprint density at radius 2 is 1.56 bits per heavy atom. The minimum Gasteiger partial charge on any atom is -0.513 e. The predicted molar refractivity (Wildman–Crippen MR) is 151 cm³/mol. The van der Waals surface area contributed by atoms with Crippen molar-refractivity contribution in [1.29, 1.82) is 0 Å². The second-order valence-electron chi connectivity index (χ2n) is 10.3. The summed E-state index contributed by atoms with van der Waals surface area (Å²) < 4.78 is 29.7. The first-order valence-electron chi connectivity index (χ1n) is 13.3. The Morgan fingerprint density at radius 1 is 0.878 bits per heavy atom. The van der Waals surface area contributed by atoms with Crippen molar-refractivity contribution in [1.82, 2.24) is 14.1 Å². The second-order valence-corrected chi connectivity index (χ2v) is 12.2. The number of nitrogens with zero attached hydrogens (tertiary/aromatic N) is 3. The van der Waals surface area contributed by atoms with Crippen LogP contribution in [0.5, 0.6) is 0 Å². The lowest BCUT2D eigenvalue weighted by Gasteiger charge is -2.44. The van der Waals surface area contributed by atoms with Gasteiger partial charge in [0.15, 0.2) is 0 Å². The van der Waals surface area contributed by atoms with Gasteiger partial charge in [0.2, 0.25) is 21.8 Å². The molecular weight excluding hydrogens is 546 g/mol. The molecule has 0 saturated carbocycles. The van der Waals surface area contributed by atoms with Crippen LogP contribution in [0.25, 0.3) is 10.8 Å². The van der Waals surface area contributed by atoms with E-state index in [9.17, 15) is 33.0 Å². The molecule has 0 aromatic heterocycles. The number of hydrogen-bond donors (Lipinski definition) is 2. The molecule has 5 rings (SSSR count).